The van der Waals surface area contributed by atoms with Crippen molar-refractivity contribution in [3.05, 3.63) is 57.8 Å². The van der Waals surface area contributed by atoms with Gasteiger partial charge >= 0.3 is 11.9 Å². The smallest absolute Gasteiger partial charge is 0.434 e. The second kappa shape index (κ2) is 7.52. The third kappa shape index (κ3) is 4.13. The van der Waals surface area contributed by atoms with Gasteiger partial charge in [-0.05, 0) is 30.5 Å². The van der Waals surface area contributed by atoms with Crippen molar-refractivity contribution in [2.45, 2.75) is 31.5 Å². The van der Waals surface area contributed by atoms with Crippen molar-refractivity contribution in [3.8, 4) is 17.1 Å². The Bertz CT molecular complexity index is 1160. The zero-order valence-electron chi connectivity index (χ0n) is 16.3. The molecule has 0 aliphatic heterocycles. The molecule has 162 valence electrons. The molecule has 0 amide bonds. The number of nitrogens with two attached hydrogens (primary N) is 1. The van der Waals surface area contributed by atoms with Gasteiger partial charge in [-0.3, -0.25) is 10.1 Å². The van der Waals surface area contributed by atoms with Gasteiger partial charge in [-0.15, -0.1) is 0 Å². The maximum absolute atomic E-state index is 13.2. The van der Waals surface area contributed by atoms with Crippen LogP contribution in [-0.2, 0) is 12.6 Å². The number of rotatable bonds is 6. The minimum Gasteiger partial charge on any atom is -0.496 e. The molecule has 2 aromatic heterocycles. The Morgan fingerprint density at radius 3 is 2.65 bits per heavy atom. The SMILES string of the molecule is COc1cc(Cc2ncc([N+](=O)[O-])c(N)n2)ccc1-c1nc(C(F)(F)F)cn1C1CC1. The zero-order chi connectivity index (χ0) is 22.3. The largest absolute Gasteiger partial charge is 0.496 e. The number of imidazole rings is 1. The normalized spacial score (nSPS) is 13.9. The standard InChI is InChI=1S/C19H17F3N6O3/c1-31-14-6-10(7-16-24-8-13(28(29)30)17(23)26-16)2-5-12(14)18-25-15(19(20,21)22)9-27(18)11-3-4-11/h2,5-6,8-9,11H,3-4,7H2,1H3,(H2,23,24,26). The fraction of sp³-hybridized carbons (Fsp3) is 0.316. The number of halogens is 3. The number of ether oxygens (including phenoxy) is 1. The summed E-state index contributed by atoms with van der Waals surface area (Å²) in [7, 11) is 1.41. The van der Waals surface area contributed by atoms with Crippen molar-refractivity contribution in [2.75, 3.05) is 12.8 Å². The van der Waals surface area contributed by atoms with Gasteiger partial charge in [-0.2, -0.15) is 13.2 Å². The van der Waals surface area contributed by atoms with Gasteiger partial charge < -0.3 is 15.0 Å². The number of nitro groups is 1. The second-order valence-electron chi connectivity index (χ2n) is 7.11. The number of nitrogen functional groups attached to an aromatic ring is 1. The second-order valence-corrected chi connectivity index (χ2v) is 7.11. The van der Waals surface area contributed by atoms with Crippen molar-refractivity contribution in [3.63, 3.8) is 0 Å². The van der Waals surface area contributed by atoms with Gasteiger partial charge in [0.15, 0.2) is 5.69 Å². The van der Waals surface area contributed by atoms with E-state index < -0.39 is 16.8 Å². The zero-order valence-corrected chi connectivity index (χ0v) is 16.3. The highest BCUT2D eigenvalue weighted by Crippen LogP contribution is 2.42. The molecule has 1 saturated carbocycles. The first-order chi connectivity index (χ1) is 14.7. The molecule has 0 atom stereocenters. The number of hydrogen-bond acceptors (Lipinski definition) is 7. The van der Waals surface area contributed by atoms with E-state index in [1.165, 1.54) is 7.11 Å². The average Bonchev–Trinajstić information content (AvgIpc) is 3.44. The summed E-state index contributed by atoms with van der Waals surface area (Å²) in [6.07, 6.45) is -0.693. The number of anilines is 1. The molecule has 4 rings (SSSR count). The van der Waals surface area contributed by atoms with Crippen LogP contribution in [0, 0.1) is 10.1 Å². The lowest BCUT2D eigenvalue weighted by atomic mass is 10.1. The van der Waals surface area contributed by atoms with Crippen LogP contribution in [0.5, 0.6) is 5.75 Å². The van der Waals surface area contributed by atoms with Gasteiger partial charge in [-0.1, -0.05) is 6.07 Å². The molecular weight excluding hydrogens is 417 g/mol. The van der Waals surface area contributed by atoms with E-state index in [0.717, 1.165) is 25.2 Å². The number of alkyl halides is 3. The summed E-state index contributed by atoms with van der Waals surface area (Å²) < 4.78 is 46.6. The van der Waals surface area contributed by atoms with Crippen LogP contribution in [0.3, 0.4) is 0 Å². The van der Waals surface area contributed by atoms with Crippen LogP contribution in [0.4, 0.5) is 24.7 Å². The van der Waals surface area contributed by atoms with Gasteiger partial charge in [-0.25, -0.2) is 15.0 Å². The molecule has 2 heterocycles. The first kappa shape index (κ1) is 20.6. The number of methoxy groups -OCH3 is 1. The van der Waals surface area contributed by atoms with E-state index in [0.29, 0.717) is 16.9 Å². The quantitative estimate of drug-likeness (QED) is 0.463. The molecular formula is C19H17F3N6O3. The molecule has 31 heavy (non-hydrogen) atoms. The Hall–Kier alpha value is -3.70. The molecule has 0 radical (unpaired) electrons. The Morgan fingerprint density at radius 2 is 2.06 bits per heavy atom. The van der Waals surface area contributed by atoms with Crippen molar-refractivity contribution in [1.29, 1.82) is 0 Å². The third-order valence-corrected chi connectivity index (χ3v) is 4.88. The van der Waals surface area contributed by atoms with Gasteiger partial charge in [0.2, 0.25) is 5.82 Å². The van der Waals surface area contributed by atoms with E-state index >= 15 is 0 Å². The molecule has 3 aromatic rings. The lowest BCUT2D eigenvalue weighted by molar-refractivity contribution is -0.384. The van der Waals surface area contributed by atoms with E-state index in [-0.39, 0.29) is 35.6 Å². The Kier molecular flexibility index (Phi) is 4.99. The first-order valence-corrected chi connectivity index (χ1v) is 9.26. The summed E-state index contributed by atoms with van der Waals surface area (Å²) in [5.74, 6) is 0.545. The van der Waals surface area contributed by atoms with Crippen LogP contribution in [0.2, 0.25) is 0 Å². The Labute approximate surface area is 173 Å². The number of hydrogen-bond donors (Lipinski definition) is 1. The summed E-state index contributed by atoms with van der Waals surface area (Å²) in [5.41, 5.74) is 5.38. The fourth-order valence-electron chi connectivity index (χ4n) is 3.23. The fourth-order valence-corrected chi connectivity index (χ4v) is 3.23. The highest BCUT2D eigenvalue weighted by atomic mass is 19.4. The van der Waals surface area contributed by atoms with E-state index in [4.69, 9.17) is 10.5 Å². The number of aromatic nitrogens is 4. The van der Waals surface area contributed by atoms with E-state index in [2.05, 4.69) is 15.0 Å². The molecule has 1 aromatic carbocycles. The molecule has 0 saturated heterocycles. The van der Waals surface area contributed by atoms with Crippen LogP contribution in [0.1, 0.15) is 36.0 Å². The lowest BCUT2D eigenvalue weighted by Crippen LogP contribution is -2.05. The molecule has 0 unspecified atom stereocenters. The highest BCUT2D eigenvalue weighted by molar-refractivity contribution is 5.66. The molecule has 0 spiro atoms. The van der Waals surface area contributed by atoms with Gasteiger partial charge in [0.1, 0.15) is 23.6 Å². The number of benzene rings is 1. The van der Waals surface area contributed by atoms with E-state index in [1.807, 2.05) is 0 Å². The third-order valence-electron chi connectivity index (χ3n) is 4.88. The van der Waals surface area contributed by atoms with E-state index in [9.17, 15) is 23.3 Å². The molecule has 9 nitrogen and oxygen atoms in total. The first-order valence-electron chi connectivity index (χ1n) is 9.26. The van der Waals surface area contributed by atoms with Crippen molar-refractivity contribution in [2.24, 2.45) is 0 Å². The Balaban J connectivity index is 1.67. The molecule has 0 bridgehead atoms. The van der Waals surface area contributed by atoms with Crippen molar-refractivity contribution < 1.29 is 22.8 Å². The van der Waals surface area contributed by atoms with Crippen molar-refractivity contribution >= 4 is 11.5 Å². The van der Waals surface area contributed by atoms with Gasteiger partial charge in [0.05, 0.1) is 17.6 Å². The van der Waals surface area contributed by atoms with Gasteiger partial charge in [0, 0.05) is 18.7 Å². The number of nitrogens with zero attached hydrogens (tertiary/aromatic N) is 5. The predicted octanol–water partition coefficient (Wildman–Crippen LogP) is 3.78. The Morgan fingerprint density at radius 1 is 1.32 bits per heavy atom. The lowest BCUT2D eigenvalue weighted by Gasteiger charge is -2.12. The van der Waals surface area contributed by atoms with Crippen LogP contribution in [0.25, 0.3) is 11.4 Å². The molecule has 12 heteroatoms. The summed E-state index contributed by atoms with van der Waals surface area (Å²) in [6.45, 7) is 0. The maximum Gasteiger partial charge on any atom is 0.434 e. The summed E-state index contributed by atoms with van der Waals surface area (Å²) in [5, 5.41) is 10.8. The monoisotopic (exact) mass is 434 g/mol. The average molecular weight is 434 g/mol. The van der Waals surface area contributed by atoms with Crippen LogP contribution in [0.15, 0.2) is 30.6 Å². The van der Waals surface area contributed by atoms with Crippen molar-refractivity contribution in [1.82, 2.24) is 19.5 Å². The summed E-state index contributed by atoms with van der Waals surface area (Å²) >= 11 is 0. The van der Waals surface area contributed by atoms with Crippen LogP contribution >= 0.6 is 0 Å². The molecule has 1 aliphatic carbocycles. The van der Waals surface area contributed by atoms with Gasteiger partial charge in [0.25, 0.3) is 0 Å². The summed E-state index contributed by atoms with van der Waals surface area (Å²) in [6, 6.07) is 4.96. The maximum atomic E-state index is 13.2. The topological polar surface area (TPSA) is 122 Å². The van der Waals surface area contributed by atoms with Crippen LogP contribution in [-0.4, -0.2) is 31.6 Å². The molecule has 1 aliphatic rings. The molecule has 2 N–H and O–H groups in total. The summed E-state index contributed by atoms with van der Waals surface area (Å²) in [4.78, 5) is 21.9. The highest BCUT2D eigenvalue weighted by Gasteiger charge is 2.37. The minimum atomic E-state index is -4.55. The predicted molar refractivity (Wildman–Crippen MR) is 103 cm³/mol. The van der Waals surface area contributed by atoms with Crippen LogP contribution < -0.4 is 10.5 Å². The molecule has 1 fully saturated rings. The minimum absolute atomic E-state index is 0.0144. The van der Waals surface area contributed by atoms with E-state index in [1.54, 1.807) is 22.8 Å².